The van der Waals surface area contributed by atoms with Crippen LogP contribution in [0.15, 0.2) is 60.5 Å². The van der Waals surface area contributed by atoms with E-state index in [1.165, 1.54) is 19.9 Å². The topological polar surface area (TPSA) is 66.0 Å². The number of aliphatic hydroxyl groups is 1. The molecular weight excluding hydrogens is 468 g/mol. The van der Waals surface area contributed by atoms with Crippen molar-refractivity contribution >= 4 is 16.7 Å². The van der Waals surface area contributed by atoms with Gasteiger partial charge in [-0.3, -0.25) is 4.79 Å². The number of aromatic amines is 1. The van der Waals surface area contributed by atoms with Gasteiger partial charge in [0.2, 0.25) is 0 Å². The predicted molar refractivity (Wildman–Crippen MR) is 87.4 cm³/mol. The fourth-order valence-corrected chi connectivity index (χ4v) is 1.93. The van der Waals surface area contributed by atoms with E-state index in [9.17, 15) is 4.79 Å². The molecule has 0 saturated heterocycles. The number of rotatable bonds is 2. The first-order chi connectivity index (χ1) is 10.6. The van der Waals surface area contributed by atoms with Crippen molar-refractivity contribution in [2.24, 2.45) is 0 Å². The Labute approximate surface area is 148 Å². The molecule has 2 heterocycles. The molecule has 0 aliphatic rings. The van der Waals surface area contributed by atoms with E-state index < -0.39 is 0 Å². The first kappa shape index (κ1) is 18.8. The van der Waals surface area contributed by atoms with E-state index in [-0.39, 0.29) is 31.6 Å². The molecule has 2 aromatic heterocycles. The number of allylic oxidation sites excluding steroid dienone is 2. The van der Waals surface area contributed by atoms with E-state index in [1.54, 1.807) is 6.20 Å². The van der Waals surface area contributed by atoms with Crippen LogP contribution in [0.25, 0.3) is 22.3 Å². The number of benzene rings is 1. The van der Waals surface area contributed by atoms with Crippen LogP contribution in [0.3, 0.4) is 0 Å². The van der Waals surface area contributed by atoms with Crippen LogP contribution in [0.4, 0.5) is 0 Å². The molecule has 3 aromatic rings. The van der Waals surface area contributed by atoms with Gasteiger partial charge in [0.15, 0.2) is 5.78 Å². The minimum Gasteiger partial charge on any atom is -0.512 e. The smallest absolute Gasteiger partial charge is 0.155 e. The van der Waals surface area contributed by atoms with Crippen molar-refractivity contribution in [1.82, 2.24) is 9.97 Å². The number of nitrogens with one attached hydrogen (secondary N) is 1. The number of carbonyl (C=O) groups is 1. The predicted octanol–water partition coefficient (Wildman–Crippen LogP) is 4.06. The molecule has 0 aliphatic carbocycles. The van der Waals surface area contributed by atoms with Crippen molar-refractivity contribution in [2.75, 3.05) is 0 Å². The molecule has 4 nitrogen and oxygen atoms in total. The molecule has 0 aliphatic heterocycles. The third-order valence-electron chi connectivity index (χ3n) is 2.78. The molecule has 23 heavy (non-hydrogen) atoms. The van der Waals surface area contributed by atoms with Crippen LogP contribution < -0.4 is 0 Å². The summed E-state index contributed by atoms with van der Waals surface area (Å²) in [6, 6.07) is 17.2. The van der Waals surface area contributed by atoms with E-state index in [0.29, 0.717) is 0 Å². The summed E-state index contributed by atoms with van der Waals surface area (Å²) in [6.07, 6.45) is 2.95. The Bertz CT molecular complexity index is 758. The number of aromatic nitrogens is 2. The summed E-state index contributed by atoms with van der Waals surface area (Å²) in [5.74, 6) is -0.0625. The summed E-state index contributed by atoms with van der Waals surface area (Å²) < 4.78 is 0. The van der Waals surface area contributed by atoms with Crippen LogP contribution in [0.5, 0.6) is 0 Å². The summed E-state index contributed by atoms with van der Waals surface area (Å²) >= 11 is 0. The first-order valence-corrected chi connectivity index (χ1v) is 6.85. The van der Waals surface area contributed by atoms with Gasteiger partial charge in [0, 0.05) is 38.1 Å². The van der Waals surface area contributed by atoms with Gasteiger partial charge in [0.25, 0.3) is 0 Å². The average molecular weight is 486 g/mol. The number of carbonyl (C=O) groups excluding carboxylic acids is 1. The van der Waals surface area contributed by atoms with E-state index in [0.717, 1.165) is 22.3 Å². The van der Waals surface area contributed by atoms with Crippen molar-refractivity contribution in [2.45, 2.75) is 13.8 Å². The minimum atomic E-state index is -0.125. The fraction of sp³-hybridized carbons (Fsp3) is 0.111. The molecule has 0 spiro atoms. The third kappa shape index (κ3) is 5.81. The summed E-state index contributed by atoms with van der Waals surface area (Å²) in [7, 11) is 0. The molecule has 1 radical (unpaired) electrons. The van der Waals surface area contributed by atoms with E-state index in [1.807, 2.05) is 42.5 Å². The van der Waals surface area contributed by atoms with E-state index >= 15 is 0 Å². The van der Waals surface area contributed by atoms with E-state index in [2.05, 4.69) is 16.0 Å². The Kier molecular flexibility index (Phi) is 7.39. The summed E-state index contributed by atoms with van der Waals surface area (Å²) in [5.41, 5.74) is 2.96. The van der Waals surface area contributed by atoms with Gasteiger partial charge in [-0.15, -0.1) is 23.6 Å². The zero-order chi connectivity index (χ0) is 15.9. The Morgan fingerprint density at radius 1 is 1.17 bits per heavy atom. The summed E-state index contributed by atoms with van der Waals surface area (Å²) in [6.45, 7) is 2.85. The number of aliphatic hydroxyl groups excluding tert-OH is 1. The van der Waals surface area contributed by atoms with Gasteiger partial charge in [0.1, 0.15) is 0 Å². The van der Waals surface area contributed by atoms with Crippen molar-refractivity contribution in [3.63, 3.8) is 0 Å². The third-order valence-corrected chi connectivity index (χ3v) is 2.78. The maximum Gasteiger partial charge on any atom is 0.155 e. The van der Waals surface area contributed by atoms with Crippen molar-refractivity contribution in [1.29, 1.82) is 0 Å². The van der Waals surface area contributed by atoms with Crippen molar-refractivity contribution in [3.8, 4) is 11.4 Å². The fourth-order valence-electron chi connectivity index (χ4n) is 1.93. The average Bonchev–Trinajstić information content (AvgIpc) is 2.91. The van der Waals surface area contributed by atoms with Gasteiger partial charge in [-0.1, -0.05) is 24.3 Å². The Morgan fingerprint density at radius 3 is 2.39 bits per heavy atom. The van der Waals surface area contributed by atoms with Crippen molar-refractivity contribution < 1.29 is 30.0 Å². The van der Waals surface area contributed by atoms with Gasteiger partial charge >= 0.3 is 0 Å². The van der Waals surface area contributed by atoms with Crippen LogP contribution in [0.2, 0.25) is 0 Å². The largest absolute Gasteiger partial charge is 0.512 e. The van der Waals surface area contributed by atoms with Crippen LogP contribution in [-0.2, 0) is 24.9 Å². The van der Waals surface area contributed by atoms with Crippen LogP contribution in [-0.4, -0.2) is 20.9 Å². The van der Waals surface area contributed by atoms with Crippen LogP contribution in [0.1, 0.15) is 13.8 Å². The van der Waals surface area contributed by atoms with Gasteiger partial charge in [0.05, 0.1) is 5.76 Å². The molecular formula is C18H17IrN2O2-. The maximum absolute atomic E-state index is 10.0. The molecule has 0 fully saturated rings. The summed E-state index contributed by atoms with van der Waals surface area (Å²) in [4.78, 5) is 17.6. The number of ketones is 1. The molecule has 3 rings (SSSR count). The second-order valence-corrected chi connectivity index (χ2v) is 4.78. The SMILES string of the molecule is CC(=O)/C=C(/C)O.[Ir].[c-]1c(-c2ccccn2)[nH]c2ccccc12. The van der Waals surface area contributed by atoms with Crippen LogP contribution >= 0.6 is 0 Å². The quantitative estimate of drug-likeness (QED) is 0.327. The maximum atomic E-state index is 10.0. The van der Waals surface area contributed by atoms with Crippen LogP contribution in [0, 0.1) is 6.07 Å². The molecule has 2 N–H and O–H groups in total. The van der Waals surface area contributed by atoms with Gasteiger partial charge in [-0.25, -0.2) is 0 Å². The molecule has 1 aromatic carbocycles. The monoisotopic (exact) mass is 486 g/mol. The molecule has 5 heteroatoms. The normalized spacial score (nSPS) is 10.4. The molecule has 121 valence electrons. The second-order valence-electron chi connectivity index (χ2n) is 4.78. The first-order valence-electron chi connectivity index (χ1n) is 6.85. The molecule has 0 saturated carbocycles. The number of H-pyrrole nitrogens is 1. The van der Waals surface area contributed by atoms with Gasteiger partial charge in [-0.2, -0.15) is 0 Å². The summed E-state index contributed by atoms with van der Waals surface area (Å²) in [5, 5.41) is 9.46. The second kappa shape index (κ2) is 9.03. The zero-order valence-corrected chi connectivity index (χ0v) is 15.2. The zero-order valence-electron chi connectivity index (χ0n) is 12.8. The Morgan fingerprint density at radius 2 is 1.87 bits per heavy atom. The molecule has 0 unspecified atom stereocenters. The number of fused-ring (bicyclic) bond motifs is 1. The molecule has 0 bridgehead atoms. The van der Waals surface area contributed by atoms with Gasteiger partial charge in [-0.05, 0) is 31.1 Å². The standard InChI is InChI=1S/C13H9N2.C5H8O2.Ir/c1-2-6-11-10(5-1)9-13(15-11)12-7-3-4-8-14-12;1-4(6)3-5(2)7;/h1-8,15H;3,6H,1-2H3;/q-1;;/b;4-3-;. The number of hydrogen-bond acceptors (Lipinski definition) is 3. The van der Waals surface area contributed by atoms with Crippen molar-refractivity contribution in [3.05, 3.63) is 66.6 Å². The molecule has 0 amide bonds. The number of para-hydroxylation sites is 1. The van der Waals surface area contributed by atoms with E-state index in [4.69, 9.17) is 5.11 Å². The number of pyridine rings is 1. The molecule has 0 atom stereocenters. The Hall–Kier alpha value is -2.23. The number of hydrogen-bond donors (Lipinski definition) is 2. The Balaban J connectivity index is 0.000000287. The van der Waals surface area contributed by atoms with Gasteiger partial charge < -0.3 is 15.1 Å². The minimum absolute atomic E-state index is 0. The number of nitrogens with zero attached hydrogens (tertiary/aromatic N) is 1.